The van der Waals surface area contributed by atoms with E-state index < -0.39 is 10.8 Å². The zero-order chi connectivity index (χ0) is 19.8. The Bertz CT molecular complexity index is 866. The predicted octanol–water partition coefficient (Wildman–Crippen LogP) is 2.31. The molecule has 0 aliphatic carbocycles. The van der Waals surface area contributed by atoms with E-state index in [0.29, 0.717) is 28.4 Å². The summed E-state index contributed by atoms with van der Waals surface area (Å²) in [5.41, 5.74) is 3.09. The normalized spacial score (nSPS) is 10.5. The van der Waals surface area contributed by atoms with Crippen molar-refractivity contribution in [3.05, 3.63) is 57.6 Å². The summed E-state index contributed by atoms with van der Waals surface area (Å²) in [6, 6.07) is 9.33. The van der Waals surface area contributed by atoms with Gasteiger partial charge in [0.15, 0.2) is 11.5 Å². The van der Waals surface area contributed by atoms with Crippen molar-refractivity contribution in [2.24, 2.45) is 5.10 Å². The summed E-state index contributed by atoms with van der Waals surface area (Å²) < 4.78 is 15.7. The fraction of sp³-hybridized carbons (Fsp3) is 0.222. The first-order valence-corrected chi connectivity index (χ1v) is 7.84. The van der Waals surface area contributed by atoms with Gasteiger partial charge < -0.3 is 14.2 Å². The number of hydrazone groups is 1. The van der Waals surface area contributed by atoms with Gasteiger partial charge in [-0.2, -0.15) is 5.10 Å². The second kappa shape index (κ2) is 9.18. The number of hydrogen-bond donors (Lipinski definition) is 1. The Kier molecular flexibility index (Phi) is 6.70. The van der Waals surface area contributed by atoms with Gasteiger partial charge in [-0.05, 0) is 6.07 Å². The molecule has 0 heterocycles. The molecule has 0 aliphatic heterocycles. The number of nitrogens with zero attached hydrogens (tertiary/aromatic N) is 2. The average Bonchev–Trinajstić information content (AvgIpc) is 2.67. The maximum absolute atomic E-state index is 12.0. The van der Waals surface area contributed by atoms with Crippen LogP contribution >= 0.6 is 0 Å². The van der Waals surface area contributed by atoms with Crippen molar-refractivity contribution in [2.45, 2.75) is 6.42 Å². The van der Waals surface area contributed by atoms with Crippen molar-refractivity contribution < 1.29 is 23.9 Å². The third-order valence-electron chi connectivity index (χ3n) is 3.67. The Labute approximate surface area is 155 Å². The van der Waals surface area contributed by atoms with Crippen LogP contribution in [0.3, 0.4) is 0 Å². The van der Waals surface area contributed by atoms with Crippen LogP contribution in [0, 0.1) is 10.1 Å². The fourth-order valence-electron chi connectivity index (χ4n) is 2.38. The van der Waals surface area contributed by atoms with Gasteiger partial charge in [0.05, 0.1) is 38.9 Å². The van der Waals surface area contributed by atoms with Crippen LogP contribution in [0.2, 0.25) is 0 Å². The number of amides is 1. The van der Waals surface area contributed by atoms with Crippen molar-refractivity contribution in [3.63, 3.8) is 0 Å². The zero-order valence-corrected chi connectivity index (χ0v) is 15.1. The molecule has 27 heavy (non-hydrogen) atoms. The first kappa shape index (κ1) is 19.7. The van der Waals surface area contributed by atoms with Crippen LogP contribution in [0.25, 0.3) is 0 Å². The molecule has 2 aromatic carbocycles. The average molecular weight is 373 g/mol. The van der Waals surface area contributed by atoms with Gasteiger partial charge in [-0.25, -0.2) is 5.43 Å². The smallest absolute Gasteiger partial charge is 0.273 e. The molecule has 0 saturated carbocycles. The lowest BCUT2D eigenvalue weighted by atomic mass is 10.1. The maximum Gasteiger partial charge on any atom is 0.273 e. The highest BCUT2D eigenvalue weighted by Gasteiger charge is 2.15. The van der Waals surface area contributed by atoms with Crippen molar-refractivity contribution in [3.8, 4) is 17.2 Å². The first-order chi connectivity index (χ1) is 13.0. The number of para-hydroxylation sites is 1. The van der Waals surface area contributed by atoms with Gasteiger partial charge in [0.1, 0.15) is 5.75 Å². The molecular weight excluding hydrogens is 354 g/mol. The summed E-state index contributed by atoms with van der Waals surface area (Å²) in [7, 11) is 4.50. The highest BCUT2D eigenvalue weighted by molar-refractivity contribution is 5.87. The molecule has 9 heteroatoms. The molecule has 0 atom stereocenters. The van der Waals surface area contributed by atoms with E-state index in [0.717, 1.165) is 0 Å². The van der Waals surface area contributed by atoms with Crippen LogP contribution in [0.1, 0.15) is 11.1 Å². The summed E-state index contributed by atoms with van der Waals surface area (Å²) in [5.74, 6) is 0.960. The van der Waals surface area contributed by atoms with E-state index in [4.69, 9.17) is 14.2 Å². The van der Waals surface area contributed by atoms with Crippen LogP contribution in [0.5, 0.6) is 17.2 Å². The Hall–Kier alpha value is -3.62. The Balaban J connectivity index is 2.11. The fourth-order valence-corrected chi connectivity index (χ4v) is 2.38. The number of nitro groups is 1. The van der Waals surface area contributed by atoms with Crippen molar-refractivity contribution >= 4 is 17.8 Å². The van der Waals surface area contributed by atoms with Gasteiger partial charge in [0.2, 0.25) is 5.91 Å². The van der Waals surface area contributed by atoms with E-state index in [2.05, 4.69) is 10.5 Å². The molecule has 0 aromatic heterocycles. The minimum Gasteiger partial charge on any atom is -0.496 e. The number of benzene rings is 2. The largest absolute Gasteiger partial charge is 0.496 e. The summed E-state index contributed by atoms with van der Waals surface area (Å²) in [5, 5.41) is 14.9. The molecule has 0 fully saturated rings. The molecule has 2 rings (SSSR count). The summed E-state index contributed by atoms with van der Waals surface area (Å²) in [6.45, 7) is 0. The number of carbonyl (C=O) groups is 1. The van der Waals surface area contributed by atoms with Gasteiger partial charge in [-0.3, -0.25) is 14.9 Å². The quantitative estimate of drug-likeness (QED) is 0.432. The third-order valence-corrected chi connectivity index (χ3v) is 3.67. The summed E-state index contributed by atoms with van der Waals surface area (Å²) >= 11 is 0. The molecule has 0 bridgehead atoms. The molecule has 0 aliphatic rings. The predicted molar refractivity (Wildman–Crippen MR) is 98.6 cm³/mol. The zero-order valence-electron chi connectivity index (χ0n) is 15.1. The minimum atomic E-state index is -0.527. The van der Waals surface area contributed by atoms with E-state index in [1.807, 2.05) is 0 Å². The van der Waals surface area contributed by atoms with Crippen LogP contribution in [0.15, 0.2) is 41.5 Å². The number of nitro benzene ring substituents is 1. The van der Waals surface area contributed by atoms with E-state index >= 15 is 0 Å². The molecule has 1 amide bonds. The van der Waals surface area contributed by atoms with Gasteiger partial charge in [0.25, 0.3) is 5.69 Å². The molecule has 0 spiro atoms. The topological polar surface area (TPSA) is 112 Å². The maximum atomic E-state index is 12.0. The van der Waals surface area contributed by atoms with Gasteiger partial charge in [-0.15, -0.1) is 0 Å². The number of ether oxygens (including phenoxy) is 3. The highest BCUT2D eigenvalue weighted by atomic mass is 16.6. The Morgan fingerprint density at radius 2 is 1.74 bits per heavy atom. The van der Waals surface area contributed by atoms with Crippen LogP contribution in [0.4, 0.5) is 5.69 Å². The third kappa shape index (κ3) is 4.94. The number of methoxy groups -OCH3 is 3. The van der Waals surface area contributed by atoms with Crippen LogP contribution in [-0.2, 0) is 11.2 Å². The lowest BCUT2D eigenvalue weighted by Crippen LogP contribution is -2.20. The number of nitrogens with one attached hydrogen (secondary N) is 1. The number of rotatable bonds is 8. The first-order valence-electron chi connectivity index (χ1n) is 7.84. The van der Waals surface area contributed by atoms with Gasteiger partial charge >= 0.3 is 0 Å². The molecule has 1 N–H and O–H groups in total. The molecule has 0 radical (unpaired) electrons. The van der Waals surface area contributed by atoms with Crippen LogP contribution < -0.4 is 19.6 Å². The Morgan fingerprint density at radius 3 is 2.37 bits per heavy atom. The monoisotopic (exact) mass is 373 g/mol. The second-order valence-electron chi connectivity index (χ2n) is 5.30. The standard InChI is InChI=1S/C18H19N3O6/c1-25-15-10-17(27-3)16(26-2)8-13(15)11-19-20-18(22)9-12-6-4-5-7-14(12)21(23)24/h4-8,10-11H,9H2,1-3H3,(H,20,22). The van der Waals surface area contributed by atoms with E-state index in [1.54, 1.807) is 24.3 Å². The molecule has 0 saturated heterocycles. The summed E-state index contributed by atoms with van der Waals surface area (Å²) in [6.07, 6.45) is 1.22. The van der Waals surface area contributed by atoms with Gasteiger partial charge in [0, 0.05) is 23.3 Å². The van der Waals surface area contributed by atoms with E-state index in [9.17, 15) is 14.9 Å². The van der Waals surface area contributed by atoms with Crippen LogP contribution in [-0.4, -0.2) is 38.4 Å². The van der Waals surface area contributed by atoms with Crippen molar-refractivity contribution in [1.82, 2.24) is 5.43 Å². The SMILES string of the molecule is COc1cc(OC)c(OC)cc1C=NNC(=O)Cc1ccccc1[N+](=O)[O-]. The summed E-state index contributed by atoms with van der Waals surface area (Å²) in [4.78, 5) is 22.5. The van der Waals surface area contributed by atoms with Crippen molar-refractivity contribution in [2.75, 3.05) is 21.3 Å². The highest BCUT2D eigenvalue weighted by Crippen LogP contribution is 2.33. The minimum absolute atomic E-state index is 0.113. The Morgan fingerprint density at radius 1 is 1.11 bits per heavy atom. The lowest BCUT2D eigenvalue weighted by Gasteiger charge is -2.11. The molecule has 142 valence electrons. The lowest BCUT2D eigenvalue weighted by molar-refractivity contribution is -0.385. The molecule has 0 unspecified atom stereocenters. The second-order valence-corrected chi connectivity index (χ2v) is 5.30. The number of carbonyl (C=O) groups excluding carboxylic acids is 1. The van der Waals surface area contributed by atoms with E-state index in [1.165, 1.54) is 39.7 Å². The molecule has 2 aromatic rings. The molecule has 9 nitrogen and oxygen atoms in total. The van der Waals surface area contributed by atoms with Crippen molar-refractivity contribution in [1.29, 1.82) is 0 Å². The van der Waals surface area contributed by atoms with E-state index in [-0.39, 0.29) is 12.1 Å². The van der Waals surface area contributed by atoms with Gasteiger partial charge in [-0.1, -0.05) is 18.2 Å². The number of hydrogen-bond acceptors (Lipinski definition) is 7. The molecular formula is C18H19N3O6.